The Hall–Kier alpha value is -0.510. The summed E-state index contributed by atoms with van der Waals surface area (Å²) in [5, 5.41) is 10.3. The number of hydrogen-bond acceptors (Lipinski definition) is 3. The maximum absolute atomic E-state index is 10.3. The van der Waals surface area contributed by atoms with Crippen LogP contribution in [0, 0.1) is 0 Å². The summed E-state index contributed by atoms with van der Waals surface area (Å²) in [7, 11) is 0. The Bertz CT molecular complexity index is 366. The van der Waals surface area contributed by atoms with Crippen molar-refractivity contribution in [3.8, 4) is 0 Å². The van der Waals surface area contributed by atoms with E-state index in [-0.39, 0.29) is 6.10 Å². The first-order valence-corrected chi connectivity index (χ1v) is 9.32. The molecule has 0 fully saturated rings. The molecule has 0 aliphatic carbocycles. The van der Waals surface area contributed by atoms with Gasteiger partial charge in [0.1, 0.15) is 0 Å². The second kappa shape index (κ2) is 11.1. The third-order valence-corrected chi connectivity index (χ3v) is 4.95. The van der Waals surface area contributed by atoms with Gasteiger partial charge in [0.25, 0.3) is 0 Å². The minimum absolute atomic E-state index is 0.342. The van der Waals surface area contributed by atoms with Crippen molar-refractivity contribution in [1.82, 2.24) is 4.90 Å². The predicted octanol–water partition coefficient (Wildman–Crippen LogP) is 4.73. The highest BCUT2D eigenvalue weighted by Crippen LogP contribution is 2.23. The van der Waals surface area contributed by atoms with Gasteiger partial charge in [0, 0.05) is 11.4 Å². The van der Waals surface area contributed by atoms with Gasteiger partial charge in [-0.15, -0.1) is 11.8 Å². The van der Waals surface area contributed by atoms with Crippen molar-refractivity contribution in [1.29, 1.82) is 0 Å². The number of unbranched alkanes of at least 4 members (excludes halogenated alkanes) is 1. The molecule has 0 radical (unpaired) electrons. The highest BCUT2D eigenvalue weighted by molar-refractivity contribution is 7.99. The first-order chi connectivity index (χ1) is 10.2. The summed E-state index contributed by atoms with van der Waals surface area (Å²) in [5.74, 6) is 1.16. The molecule has 0 saturated heterocycles. The van der Waals surface area contributed by atoms with Crippen molar-refractivity contribution in [2.24, 2.45) is 0 Å². The Labute approximate surface area is 134 Å². The number of thioether (sulfide) groups is 1. The minimum Gasteiger partial charge on any atom is -0.388 e. The summed E-state index contributed by atoms with van der Waals surface area (Å²) in [6.07, 6.45) is 4.15. The van der Waals surface area contributed by atoms with Crippen molar-refractivity contribution >= 4 is 11.8 Å². The molecule has 21 heavy (non-hydrogen) atoms. The third kappa shape index (κ3) is 7.35. The van der Waals surface area contributed by atoms with Crippen LogP contribution in [-0.4, -0.2) is 35.4 Å². The second-order valence-corrected chi connectivity index (χ2v) is 6.68. The number of aliphatic hydroxyl groups is 1. The highest BCUT2D eigenvalue weighted by atomic mass is 32.2. The molecular weight excluding hydrogens is 278 g/mol. The summed E-state index contributed by atoms with van der Waals surface area (Å²) in [4.78, 5) is 3.73. The molecule has 0 amide bonds. The van der Waals surface area contributed by atoms with Gasteiger partial charge in [-0.05, 0) is 55.8 Å². The normalized spacial score (nSPS) is 12.8. The van der Waals surface area contributed by atoms with Crippen LogP contribution in [0.5, 0.6) is 0 Å². The van der Waals surface area contributed by atoms with Gasteiger partial charge in [0.05, 0.1) is 6.10 Å². The van der Waals surface area contributed by atoms with E-state index in [1.165, 1.54) is 24.2 Å². The van der Waals surface area contributed by atoms with Crippen molar-refractivity contribution in [2.75, 3.05) is 25.4 Å². The lowest BCUT2D eigenvalue weighted by atomic mass is 10.1. The van der Waals surface area contributed by atoms with Gasteiger partial charge in [-0.2, -0.15) is 0 Å². The SMILES string of the molecule is CCCCN(CC)CCC(O)c1ccc(SCCC)cc1. The largest absolute Gasteiger partial charge is 0.388 e. The molecule has 0 aliphatic heterocycles. The van der Waals surface area contributed by atoms with Crippen LogP contribution >= 0.6 is 11.8 Å². The lowest BCUT2D eigenvalue weighted by Gasteiger charge is -2.22. The van der Waals surface area contributed by atoms with E-state index in [1.807, 2.05) is 11.8 Å². The maximum Gasteiger partial charge on any atom is 0.0802 e. The zero-order valence-corrected chi connectivity index (χ0v) is 14.7. The van der Waals surface area contributed by atoms with Crippen LogP contribution < -0.4 is 0 Å². The van der Waals surface area contributed by atoms with Gasteiger partial charge >= 0.3 is 0 Å². The standard InChI is InChI=1S/C18H31NOS/c1-4-7-13-19(6-3)14-12-18(20)16-8-10-17(11-9-16)21-15-5-2/h8-11,18,20H,4-7,12-15H2,1-3H3. The quantitative estimate of drug-likeness (QED) is 0.598. The van der Waals surface area contributed by atoms with Crippen LogP contribution in [0.15, 0.2) is 29.2 Å². The average molecular weight is 310 g/mol. The zero-order chi connectivity index (χ0) is 15.5. The van der Waals surface area contributed by atoms with E-state index < -0.39 is 0 Å². The summed E-state index contributed by atoms with van der Waals surface area (Å²) in [6, 6.07) is 8.41. The second-order valence-electron chi connectivity index (χ2n) is 5.51. The molecule has 0 bridgehead atoms. The molecule has 1 unspecified atom stereocenters. The van der Waals surface area contributed by atoms with Gasteiger partial charge in [0.15, 0.2) is 0 Å². The summed E-state index contributed by atoms with van der Waals surface area (Å²) < 4.78 is 0. The first-order valence-electron chi connectivity index (χ1n) is 8.34. The molecule has 1 aromatic carbocycles. The molecule has 0 aromatic heterocycles. The highest BCUT2D eigenvalue weighted by Gasteiger charge is 2.10. The third-order valence-electron chi connectivity index (χ3n) is 3.73. The minimum atomic E-state index is -0.342. The summed E-state index contributed by atoms with van der Waals surface area (Å²) >= 11 is 1.88. The Morgan fingerprint density at radius 2 is 1.76 bits per heavy atom. The van der Waals surface area contributed by atoms with Crippen LogP contribution in [0.25, 0.3) is 0 Å². The first kappa shape index (κ1) is 18.5. The number of aliphatic hydroxyl groups excluding tert-OH is 1. The van der Waals surface area contributed by atoms with E-state index in [9.17, 15) is 5.11 Å². The van der Waals surface area contributed by atoms with Crippen molar-refractivity contribution in [3.63, 3.8) is 0 Å². The number of hydrogen-bond donors (Lipinski definition) is 1. The van der Waals surface area contributed by atoms with Gasteiger partial charge in [-0.25, -0.2) is 0 Å². The van der Waals surface area contributed by atoms with Crippen molar-refractivity contribution < 1.29 is 5.11 Å². The number of rotatable bonds is 11. The molecule has 0 saturated carbocycles. The summed E-state index contributed by atoms with van der Waals surface area (Å²) in [5.41, 5.74) is 1.04. The Kier molecular flexibility index (Phi) is 9.81. The van der Waals surface area contributed by atoms with Gasteiger partial charge in [0.2, 0.25) is 0 Å². The molecule has 120 valence electrons. The maximum atomic E-state index is 10.3. The fourth-order valence-electron chi connectivity index (χ4n) is 2.29. The molecule has 1 atom stereocenters. The molecule has 2 nitrogen and oxygen atoms in total. The molecule has 0 aliphatic rings. The molecule has 1 N–H and O–H groups in total. The fraction of sp³-hybridized carbons (Fsp3) is 0.667. The number of nitrogens with zero attached hydrogens (tertiary/aromatic N) is 1. The molecule has 0 spiro atoms. The van der Waals surface area contributed by atoms with E-state index in [2.05, 4.69) is 49.9 Å². The van der Waals surface area contributed by atoms with Gasteiger partial charge < -0.3 is 10.0 Å². The van der Waals surface area contributed by atoms with E-state index in [1.54, 1.807) is 0 Å². The Balaban J connectivity index is 2.41. The van der Waals surface area contributed by atoms with Crippen LogP contribution in [0.2, 0.25) is 0 Å². The Morgan fingerprint density at radius 1 is 1.05 bits per heavy atom. The van der Waals surface area contributed by atoms with Crippen LogP contribution in [0.1, 0.15) is 58.1 Å². The smallest absolute Gasteiger partial charge is 0.0802 e. The fourth-order valence-corrected chi connectivity index (χ4v) is 3.06. The van der Waals surface area contributed by atoms with E-state index >= 15 is 0 Å². The average Bonchev–Trinajstić information content (AvgIpc) is 2.53. The lowest BCUT2D eigenvalue weighted by Crippen LogP contribution is -2.26. The van der Waals surface area contributed by atoms with E-state index in [0.717, 1.165) is 37.4 Å². The molecule has 1 aromatic rings. The van der Waals surface area contributed by atoms with Crippen LogP contribution in [-0.2, 0) is 0 Å². The molecule has 0 heterocycles. The predicted molar refractivity (Wildman–Crippen MR) is 94.1 cm³/mol. The molecule has 1 rings (SSSR count). The van der Waals surface area contributed by atoms with Crippen molar-refractivity contribution in [2.45, 2.75) is 57.5 Å². The van der Waals surface area contributed by atoms with Gasteiger partial charge in [-0.3, -0.25) is 0 Å². The zero-order valence-electron chi connectivity index (χ0n) is 13.8. The molecule has 3 heteroatoms. The van der Waals surface area contributed by atoms with Crippen LogP contribution in [0.3, 0.4) is 0 Å². The lowest BCUT2D eigenvalue weighted by molar-refractivity contribution is 0.143. The molecular formula is C18H31NOS. The van der Waals surface area contributed by atoms with Gasteiger partial charge in [-0.1, -0.05) is 39.3 Å². The van der Waals surface area contributed by atoms with Crippen molar-refractivity contribution in [3.05, 3.63) is 29.8 Å². The monoisotopic (exact) mass is 309 g/mol. The Morgan fingerprint density at radius 3 is 2.33 bits per heavy atom. The summed E-state index contributed by atoms with van der Waals surface area (Å²) in [6.45, 7) is 9.81. The topological polar surface area (TPSA) is 23.5 Å². The van der Waals surface area contributed by atoms with Crippen LogP contribution in [0.4, 0.5) is 0 Å². The van der Waals surface area contributed by atoms with E-state index in [0.29, 0.717) is 0 Å². The number of benzene rings is 1. The van der Waals surface area contributed by atoms with E-state index in [4.69, 9.17) is 0 Å².